The molecule has 0 spiro atoms. The highest BCUT2D eigenvalue weighted by Crippen LogP contribution is 2.46. The second kappa shape index (κ2) is 13.1. The van der Waals surface area contributed by atoms with Gasteiger partial charge in [-0.1, -0.05) is 56.3 Å². The van der Waals surface area contributed by atoms with Crippen molar-refractivity contribution in [2.75, 3.05) is 24.4 Å². The molecule has 0 saturated carbocycles. The third-order valence-corrected chi connectivity index (χ3v) is 13.2. The molecule has 2 aromatic heterocycles. The number of anilines is 2. The molecule has 8 nitrogen and oxygen atoms in total. The topological polar surface area (TPSA) is 94.8 Å². The number of aliphatic hydroxyl groups is 2. The number of nitrogens with zero attached hydrogens (tertiary/aromatic N) is 5. The smallest absolute Gasteiger partial charge is 0.193 e. The lowest BCUT2D eigenvalue weighted by Crippen LogP contribution is -2.47. The molecule has 39 heavy (non-hydrogen) atoms. The Morgan fingerprint density at radius 3 is 2.51 bits per heavy atom. The van der Waals surface area contributed by atoms with Crippen LogP contribution in [0.4, 0.5) is 11.6 Å². The zero-order valence-electron chi connectivity index (χ0n) is 24.6. The molecular formula is C29H45N5O3SSi. The summed E-state index contributed by atoms with van der Waals surface area (Å²) in [4.78, 5) is 14.4. The van der Waals surface area contributed by atoms with Gasteiger partial charge < -0.3 is 14.6 Å². The van der Waals surface area contributed by atoms with Crippen LogP contribution in [0.2, 0.25) is 18.1 Å². The number of aliphatic hydroxyl groups excluding tert-OH is 1. The fourth-order valence-corrected chi connectivity index (χ4v) is 8.61. The Morgan fingerprint density at radius 2 is 1.92 bits per heavy atom. The van der Waals surface area contributed by atoms with Gasteiger partial charge in [0.15, 0.2) is 25.0 Å². The maximum atomic E-state index is 11.6. The fourth-order valence-electron chi connectivity index (χ4n) is 5.18. The van der Waals surface area contributed by atoms with E-state index in [4.69, 9.17) is 14.4 Å². The van der Waals surface area contributed by atoms with Gasteiger partial charge in [0, 0.05) is 12.7 Å². The monoisotopic (exact) mass is 571 g/mol. The molecule has 0 fully saturated rings. The summed E-state index contributed by atoms with van der Waals surface area (Å²) in [6.07, 6.45) is 8.97. The van der Waals surface area contributed by atoms with Crippen LogP contribution in [0.15, 0.2) is 53.9 Å². The molecule has 2 aromatic rings. The SMILES string of the molecule is C=CCN1N(c2cccc(C(C)(CC/C=C(/C)CO)O[Si](CC)(CC)CC)n2)c2nc(SC)ncc2C1(C)O. The first-order valence-electron chi connectivity index (χ1n) is 13.8. The molecule has 214 valence electrons. The number of hydrogen-bond donors (Lipinski definition) is 2. The van der Waals surface area contributed by atoms with Crippen LogP contribution >= 0.6 is 11.8 Å². The summed E-state index contributed by atoms with van der Waals surface area (Å²) in [6, 6.07) is 9.06. The molecule has 0 aliphatic carbocycles. The molecule has 0 saturated heterocycles. The van der Waals surface area contributed by atoms with E-state index in [1.54, 1.807) is 19.2 Å². The van der Waals surface area contributed by atoms with Gasteiger partial charge in [0.05, 0.1) is 23.5 Å². The minimum atomic E-state index is -2.00. The Morgan fingerprint density at radius 1 is 1.23 bits per heavy atom. The van der Waals surface area contributed by atoms with Crippen LogP contribution in [0.1, 0.15) is 65.6 Å². The van der Waals surface area contributed by atoms with Gasteiger partial charge in [-0.3, -0.25) is 0 Å². The third kappa shape index (κ3) is 6.47. The Kier molecular flexibility index (Phi) is 10.5. The van der Waals surface area contributed by atoms with Crippen molar-refractivity contribution in [1.82, 2.24) is 20.0 Å². The molecule has 2 N–H and O–H groups in total. The highest BCUT2D eigenvalue weighted by atomic mass is 32.2. The summed E-state index contributed by atoms with van der Waals surface area (Å²) in [5.41, 5.74) is 0.449. The van der Waals surface area contributed by atoms with Gasteiger partial charge in [-0.05, 0) is 70.1 Å². The molecule has 0 bridgehead atoms. The van der Waals surface area contributed by atoms with Crippen molar-refractivity contribution in [3.05, 3.63) is 60.0 Å². The van der Waals surface area contributed by atoms with Crippen LogP contribution < -0.4 is 5.01 Å². The zero-order valence-corrected chi connectivity index (χ0v) is 26.4. The third-order valence-electron chi connectivity index (χ3n) is 7.92. The van der Waals surface area contributed by atoms with E-state index in [0.29, 0.717) is 28.9 Å². The molecule has 10 heteroatoms. The largest absolute Gasteiger partial charge is 0.406 e. The number of fused-ring (bicyclic) bond motifs is 1. The van der Waals surface area contributed by atoms with Gasteiger partial charge in [0.25, 0.3) is 0 Å². The number of rotatable bonds is 14. The van der Waals surface area contributed by atoms with E-state index in [9.17, 15) is 10.2 Å². The molecule has 0 aromatic carbocycles. The lowest BCUT2D eigenvalue weighted by atomic mass is 9.95. The van der Waals surface area contributed by atoms with Gasteiger partial charge in [0.1, 0.15) is 5.82 Å². The molecular weight excluding hydrogens is 527 g/mol. The quantitative estimate of drug-likeness (QED) is 0.118. The van der Waals surface area contributed by atoms with E-state index < -0.39 is 19.6 Å². The molecule has 2 atom stereocenters. The molecule has 3 heterocycles. The van der Waals surface area contributed by atoms with E-state index in [-0.39, 0.29) is 6.61 Å². The van der Waals surface area contributed by atoms with E-state index in [1.807, 2.05) is 41.4 Å². The zero-order chi connectivity index (χ0) is 28.8. The highest BCUT2D eigenvalue weighted by molar-refractivity contribution is 7.98. The molecule has 0 amide bonds. The maximum absolute atomic E-state index is 11.6. The van der Waals surface area contributed by atoms with Crippen molar-refractivity contribution in [1.29, 1.82) is 0 Å². The summed E-state index contributed by atoms with van der Waals surface area (Å²) in [7, 11) is -2.00. The van der Waals surface area contributed by atoms with Crippen LogP contribution in [-0.4, -0.2) is 57.9 Å². The van der Waals surface area contributed by atoms with Crippen molar-refractivity contribution in [3.63, 3.8) is 0 Å². The van der Waals surface area contributed by atoms with Gasteiger partial charge in [-0.2, -0.15) is 5.01 Å². The molecule has 1 aliphatic heterocycles. The van der Waals surface area contributed by atoms with E-state index in [2.05, 4.69) is 45.3 Å². The van der Waals surface area contributed by atoms with Gasteiger partial charge in [0.2, 0.25) is 0 Å². The van der Waals surface area contributed by atoms with Gasteiger partial charge in [-0.25, -0.2) is 20.0 Å². The maximum Gasteiger partial charge on any atom is 0.193 e. The van der Waals surface area contributed by atoms with Crippen molar-refractivity contribution in [2.45, 2.75) is 89.0 Å². The van der Waals surface area contributed by atoms with Crippen LogP contribution in [0.3, 0.4) is 0 Å². The molecule has 3 rings (SSSR count). The van der Waals surface area contributed by atoms with Crippen LogP contribution in [-0.2, 0) is 15.8 Å². The van der Waals surface area contributed by atoms with Crippen LogP contribution in [0.5, 0.6) is 0 Å². The Labute approximate surface area is 239 Å². The molecule has 0 radical (unpaired) electrons. The normalized spacial score (nSPS) is 19.7. The van der Waals surface area contributed by atoms with E-state index in [0.717, 1.165) is 42.2 Å². The summed E-state index contributed by atoms with van der Waals surface area (Å²) in [6.45, 7) is 16.9. The number of aromatic nitrogens is 3. The first-order chi connectivity index (χ1) is 18.5. The fraction of sp³-hybridized carbons (Fsp3) is 0.552. The predicted molar refractivity (Wildman–Crippen MR) is 162 cm³/mol. The molecule has 1 aliphatic rings. The number of thioether (sulfide) groups is 1. The summed E-state index contributed by atoms with van der Waals surface area (Å²) in [5, 5.41) is 25.4. The minimum Gasteiger partial charge on any atom is -0.406 e. The van der Waals surface area contributed by atoms with Crippen molar-refractivity contribution in [2.24, 2.45) is 0 Å². The van der Waals surface area contributed by atoms with Gasteiger partial charge >= 0.3 is 0 Å². The summed E-state index contributed by atoms with van der Waals surface area (Å²) in [5.74, 6) is 1.25. The average molecular weight is 572 g/mol. The van der Waals surface area contributed by atoms with Crippen LogP contribution in [0, 0.1) is 0 Å². The number of pyridine rings is 1. The second-order valence-corrected chi connectivity index (χ2v) is 16.0. The lowest BCUT2D eigenvalue weighted by molar-refractivity contribution is -0.0817. The number of hydrazine groups is 1. The standard InChI is InChI=1S/C29H45N5O3SSi/c1-9-19-33-29(7,36)23-20-30-27(38-8)32-26(23)34(33)25-17-13-16-24(31-25)28(6,18-14-15-22(5)21-35)37-39(10-2,11-3)12-4/h9,13,15-17,20,35-36H,1,10-12,14,18-19,21H2,2-8H3/b22-15-. The number of allylic oxidation sites excluding steroid dienone is 1. The lowest BCUT2D eigenvalue weighted by Gasteiger charge is -2.41. The Bertz CT molecular complexity index is 1170. The highest BCUT2D eigenvalue weighted by Gasteiger charge is 2.48. The van der Waals surface area contributed by atoms with Crippen LogP contribution in [0.25, 0.3) is 0 Å². The Balaban J connectivity index is 2.14. The van der Waals surface area contributed by atoms with Crippen molar-refractivity contribution >= 4 is 31.7 Å². The molecule has 2 unspecified atom stereocenters. The first-order valence-corrected chi connectivity index (χ1v) is 17.6. The summed E-state index contributed by atoms with van der Waals surface area (Å²) < 4.78 is 7.17. The van der Waals surface area contributed by atoms with Crippen molar-refractivity contribution in [3.8, 4) is 0 Å². The minimum absolute atomic E-state index is 0.0518. The van der Waals surface area contributed by atoms with E-state index in [1.165, 1.54) is 11.8 Å². The summed E-state index contributed by atoms with van der Waals surface area (Å²) >= 11 is 1.45. The first kappa shape index (κ1) is 31.4. The van der Waals surface area contributed by atoms with E-state index >= 15 is 0 Å². The number of hydrogen-bond acceptors (Lipinski definition) is 9. The predicted octanol–water partition coefficient (Wildman–Crippen LogP) is 6.27. The average Bonchev–Trinajstić information content (AvgIpc) is 3.17. The van der Waals surface area contributed by atoms with Crippen molar-refractivity contribution < 1.29 is 14.6 Å². The van der Waals surface area contributed by atoms with Gasteiger partial charge in [-0.15, -0.1) is 6.58 Å². The second-order valence-electron chi connectivity index (χ2n) is 10.5. The Hall–Kier alpha value is -2.08.